The molecule has 0 saturated heterocycles. The van der Waals surface area contributed by atoms with Gasteiger partial charge in [-0.25, -0.2) is 0 Å². The first-order valence-electron chi connectivity index (χ1n) is 16.9. The summed E-state index contributed by atoms with van der Waals surface area (Å²) in [7, 11) is 2.07. The fourth-order valence-electron chi connectivity index (χ4n) is 6.35. The number of carbonyl (C=O) groups is 1. The highest BCUT2D eigenvalue weighted by Gasteiger charge is 2.41. The van der Waals surface area contributed by atoms with Crippen molar-refractivity contribution in [2.75, 3.05) is 25.1 Å². The van der Waals surface area contributed by atoms with Gasteiger partial charge in [0, 0.05) is 31.1 Å². The summed E-state index contributed by atoms with van der Waals surface area (Å²) in [6.07, 6.45) is 21.3. The Morgan fingerprint density at radius 2 is 1.26 bits per heavy atom. The number of anilines is 1. The number of hydrogen-bond acceptors (Lipinski definition) is 3. The zero-order valence-corrected chi connectivity index (χ0v) is 27.0. The molecular formula is C37H57N3O2. The van der Waals surface area contributed by atoms with Crippen LogP contribution in [0.1, 0.15) is 138 Å². The molecule has 5 heteroatoms. The molecule has 2 aliphatic heterocycles. The minimum absolute atomic E-state index is 0.0476. The highest BCUT2D eigenvalue weighted by atomic mass is 16.2. The van der Waals surface area contributed by atoms with E-state index in [-0.39, 0.29) is 18.7 Å². The van der Waals surface area contributed by atoms with Gasteiger partial charge < -0.3 is 19.9 Å². The molecule has 2 aromatic carbocycles. The summed E-state index contributed by atoms with van der Waals surface area (Å²) < 4.78 is 0. The Morgan fingerprint density at radius 3 is 1.83 bits per heavy atom. The maximum atomic E-state index is 12.9. The molecule has 3 aromatic rings. The van der Waals surface area contributed by atoms with Crippen molar-refractivity contribution in [3.63, 3.8) is 0 Å². The number of fused-ring (bicyclic) bond motifs is 6. The largest absolute Gasteiger partial charge is 0.397 e. The standard InChI is InChI=1S/C19H17N3O.C16H34.C2H6O/c1-21-16-9-5-3-7-14(16)19(23)22-11-10-13-12-6-2-4-8-15(12)20-17(13)18(21)22;1-3-5-7-9-11-13-15-16-14-12-10-8-6-4-2;1-2-3/h2-9,18,20H,10-11H2,1H3;3-16H2,1-2H3;3H,2H2,1H3/t18-;;/m0../s1. The molecule has 42 heavy (non-hydrogen) atoms. The van der Waals surface area contributed by atoms with Crippen LogP contribution in [0.4, 0.5) is 5.69 Å². The smallest absolute Gasteiger partial charge is 0.257 e. The minimum atomic E-state index is -0.0476. The number of para-hydroxylation sites is 2. The van der Waals surface area contributed by atoms with Crippen molar-refractivity contribution in [2.45, 2.75) is 123 Å². The number of unbranched alkanes of at least 4 members (excludes halogenated alkanes) is 13. The third-order valence-corrected chi connectivity index (χ3v) is 8.60. The normalized spacial score (nSPS) is 15.3. The quantitative estimate of drug-likeness (QED) is 0.199. The molecule has 5 nitrogen and oxygen atoms in total. The van der Waals surface area contributed by atoms with E-state index >= 15 is 0 Å². The average molecular weight is 576 g/mol. The molecule has 0 fully saturated rings. The van der Waals surface area contributed by atoms with Crippen molar-refractivity contribution < 1.29 is 9.90 Å². The van der Waals surface area contributed by atoms with E-state index in [2.05, 4.69) is 49.0 Å². The highest BCUT2D eigenvalue weighted by Crippen LogP contribution is 2.42. The van der Waals surface area contributed by atoms with E-state index in [9.17, 15) is 4.79 Å². The number of aliphatic hydroxyl groups excluding tert-OH is 1. The van der Waals surface area contributed by atoms with E-state index in [0.717, 1.165) is 35.4 Å². The second-order valence-corrected chi connectivity index (χ2v) is 11.9. The Kier molecular flexibility index (Phi) is 15.0. The summed E-state index contributed by atoms with van der Waals surface area (Å²) in [6.45, 7) is 7.27. The molecule has 1 aromatic heterocycles. The lowest BCUT2D eigenvalue weighted by Crippen LogP contribution is -2.51. The van der Waals surface area contributed by atoms with Gasteiger partial charge >= 0.3 is 0 Å². The molecule has 232 valence electrons. The van der Waals surface area contributed by atoms with E-state index in [0.29, 0.717) is 0 Å². The van der Waals surface area contributed by atoms with Gasteiger partial charge in [-0.1, -0.05) is 134 Å². The van der Waals surface area contributed by atoms with Crippen LogP contribution in [0.3, 0.4) is 0 Å². The van der Waals surface area contributed by atoms with Gasteiger partial charge in [-0.15, -0.1) is 0 Å². The number of benzene rings is 2. The number of nitrogens with zero attached hydrogens (tertiary/aromatic N) is 2. The number of amides is 1. The Hall–Kier alpha value is -2.79. The van der Waals surface area contributed by atoms with Gasteiger partial charge in [0.1, 0.15) is 6.17 Å². The number of H-pyrrole nitrogens is 1. The fraction of sp³-hybridized carbons (Fsp3) is 0.595. The van der Waals surface area contributed by atoms with E-state index in [1.165, 1.54) is 101 Å². The van der Waals surface area contributed by atoms with Crippen LogP contribution in [-0.2, 0) is 6.42 Å². The van der Waals surface area contributed by atoms with Crippen LogP contribution in [0.15, 0.2) is 48.5 Å². The number of hydrogen-bond donors (Lipinski definition) is 2. The van der Waals surface area contributed by atoms with Crippen LogP contribution in [0.5, 0.6) is 0 Å². The summed E-state index contributed by atoms with van der Waals surface area (Å²) >= 11 is 0. The van der Waals surface area contributed by atoms with Gasteiger partial charge in [0.05, 0.1) is 16.9 Å². The van der Waals surface area contributed by atoms with Gasteiger partial charge in [-0.2, -0.15) is 0 Å². The van der Waals surface area contributed by atoms with Crippen LogP contribution in [0, 0.1) is 0 Å². The Labute approximate surface area is 255 Å². The van der Waals surface area contributed by atoms with Crippen molar-refractivity contribution in [2.24, 2.45) is 0 Å². The summed E-state index contributed by atoms with van der Waals surface area (Å²) in [6, 6.07) is 16.3. The Morgan fingerprint density at radius 1 is 0.762 bits per heavy atom. The van der Waals surface area contributed by atoms with Crippen LogP contribution in [-0.4, -0.2) is 41.1 Å². The molecule has 5 rings (SSSR count). The topological polar surface area (TPSA) is 59.6 Å². The first-order chi connectivity index (χ1) is 20.6. The van der Waals surface area contributed by atoms with E-state index in [1.807, 2.05) is 35.2 Å². The zero-order valence-electron chi connectivity index (χ0n) is 27.0. The van der Waals surface area contributed by atoms with Crippen molar-refractivity contribution in [3.05, 3.63) is 65.4 Å². The molecule has 2 aliphatic rings. The van der Waals surface area contributed by atoms with Gasteiger partial charge in [0.2, 0.25) is 0 Å². The molecule has 0 bridgehead atoms. The number of aromatic amines is 1. The summed E-state index contributed by atoms with van der Waals surface area (Å²) in [5, 5.41) is 8.85. The lowest BCUT2D eigenvalue weighted by Gasteiger charge is -2.46. The third kappa shape index (κ3) is 9.10. The van der Waals surface area contributed by atoms with Crippen LogP contribution in [0.2, 0.25) is 0 Å². The fourth-order valence-corrected chi connectivity index (χ4v) is 6.35. The molecule has 2 N–H and O–H groups in total. The minimum Gasteiger partial charge on any atom is -0.397 e. The number of carbonyl (C=O) groups excluding carboxylic acids is 1. The highest BCUT2D eigenvalue weighted by molar-refractivity contribution is 6.02. The summed E-state index contributed by atoms with van der Waals surface area (Å²) in [4.78, 5) is 20.7. The first-order valence-corrected chi connectivity index (χ1v) is 16.9. The number of aliphatic hydroxyl groups is 1. The molecule has 0 spiro atoms. The predicted octanol–water partition coefficient (Wildman–Crippen LogP) is 9.80. The maximum Gasteiger partial charge on any atom is 0.257 e. The predicted molar refractivity (Wildman–Crippen MR) is 179 cm³/mol. The lowest BCUT2D eigenvalue weighted by atomic mass is 9.96. The Balaban J connectivity index is 0.000000225. The average Bonchev–Trinajstić information content (AvgIpc) is 3.40. The molecule has 3 heterocycles. The SMILES string of the molecule is CCCCCCCCCCCCCCCC.CCO.CN1c2ccccc2C(=O)N2CCc3c([nH]c4ccccc34)[C@H]21. The number of aromatic nitrogens is 1. The van der Waals surface area contributed by atoms with Gasteiger partial charge in [0.15, 0.2) is 0 Å². The van der Waals surface area contributed by atoms with E-state index in [4.69, 9.17) is 5.11 Å². The molecular weight excluding hydrogens is 518 g/mol. The van der Waals surface area contributed by atoms with Crippen molar-refractivity contribution >= 4 is 22.5 Å². The van der Waals surface area contributed by atoms with E-state index in [1.54, 1.807) is 6.92 Å². The molecule has 0 saturated carbocycles. The molecule has 0 unspecified atom stereocenters. The molecule has 1 atom stereocenters. The van der Waals surface area contributed by atoms with Crippen LogP contribution >= 0.6 is 0 Å². The van der Waals surface area contributed by atoms with Gasteiger partial charge in [-0.3, -0.25) is 4.79 Å². The second-order valence-electron chi connectivity index (χ2n) is 11.9. The third-order valence-electron chi connectivity index (χ3n) is 8.60. The molecule has 1 amide bonds. The summed E-state index contributed by atoms with van der Waals surface area (Å²) in [5.74, 6) is 0.132. The summed E-state index contributed by atoms with van der Waals surface area (Å²) in [5.41, 5.74) is 5.46. The van der Waals surface area contributed by atoms with E-state index < -0.39 is 0 Å². The number of nitrogens with one attached hydrogen (secondary N) is 1. The second kappa shape index (κ2) is 18.7. The Bertz CT molecular complexity index is 1170. The zero-order chi connectivity index (χ0) is 30.2. The number of rotatable bonds is 13. The van der Waals surface area contributed by atoms with Crippen molar-refractivity contribution in [1.82, 2.24) is 9.88 Å². The first kappa shape index (κ1) is 33.7. The van der Waals surface area contributed by atoms with Crippen LogP contribution < -0.4 is 4.90 Å². The van der Waals surface area contributed by atoms with Crippen LogP contribution in [0.25, 0.3) is 10.9 Å². The van der Waals surface area contributed by atoms with Gasteiger partial charge in [0.25, 0.3) is 5.91 Å². The molecule has 0 aliphatic carbocycles. The van der Waals surface area contributed by atoms with Crippen molar-refractivity contribution in [3.8, 4) is 0 Å². The molecule has 0 radical (unpaired) electrons. The lowest BCUT2D eigenvalue weighted by molar-refractivity contribution is 0.0634. The van der Waals surface area contributed by atoms with Gasteiger partial charge in [-0.05, 0) is 37.1 Å². The van der Waals surface area contributed by atoms with Crippen molar-refractivity contribution in [1.29, 1.82) is 0 Å². The monoisotopic (exact) mass is 575 g/mol. The maximum absolute atomic E-state index is 12.9.